The molecular weight excluding hydrogens is 388 g/mol. The van der Waals surface area contributed by atoms with E-state index in [-0.39, 0.29) is 11.9 Å². The zero-order chi connectivity index (χ0) is 22.8. The van der Waals surface area contributed by atoms with Crippen LogP contribution in [-0.4, -0.2) is 25.2 Å². The van der Waals surface area contributed by atoms with Gasteiger partial charge in [0.05, 0.1) is 13.2 Å². The monoisotopic (exact) mass is 438 g/mol. The minimum Gasteiger partial charge on any atom is -0.466 e. The first-order chi connectivity index (χ1) is 15.2. The van der Waals surface area contributed by atoms with E-state index in [4.69, 9.17) is 9.47 Å². The summed E-state index contributed by atoms with van der Waals surface area (Å²) in [5.74, 6) is -0.125. The summed E-state index contributed by atoms with van der Waals surface area (Å²) in [5, 5.41) is 0. The molecule has 0 bridgehead atoms. The smallest absolute Gasteiger partial charge is 0.305 e. The van der Waals surface area contributed by atoms with Crippen LogP contribution in [0, 0.1) is 0 Å². The van der Waals surface area contributed by atoms with E-state index < -0.39 is 0 Å². The third-order valence-electron chi connectivity index (χ3n) is 5.46. The summed E-state index contributed by atoms with van der Waals surface area (Å²) in [7, 11) is 0. The van der Waals surface area contributed by atoms with Crippen molar-refractivity contribution in [2.75, 3.05) is 13.2 Å². The third kappa shape index (κ3) is 24.8. The number of hydrogen-bond acceptors (Lipinski definition) is 4. The second kappa shape index (κ2) is 24.9. The molecule has 0 aromatic carbocycles. The maximum atomic E-state index is 11.7. The number of rotatable bonds is 23. The molecule has 0 heterocycles. The van der Waals surface area contributed by atoms with Crippen molar-refractivity contribution in [2.24, 2.45) is 0 Å². The van der Waals surface area contributed by atoms with E-state index in [1.165, 1.54) is 44.9 Å². The van der Waals surface area contributed by atoms with Gasteiger partial charge in [0.15, 0.2) is 0 Å². The molecule has 0 atom stereocenters. The molecule has 0 saturated carbocycles. The second-order valence-electron chi connectivity index (χ2n) is 8.59. The highest BCUT2D eigenvalue weighted by molar-refractivity contribution is 5.69. The molecular formula is C27H50O4. The number of carbonyl (C=O) groups is 2. The van der Waals surface area contributed by atoms with E-state index in [1.54, 1.807) is 0 Å². The van der Waals surface area contributed by atoms with Crippen LogP contribution in [0.2, 0.25) is 0 Å². The van der Waals surface area contributed by atoms with Gasteiger partial charge >= 0.3 is 11.9 Å². The minimum absolute atomic E-state index is 0.0490. The van der Waals surface area contributed by atoms with Crippen LogP contribution in [0.4, 0.5) is 0 Å². The molecule has 0 rings (SSSR count). The Kier molecular flexibility index (Phi) is 23.9. The largest absolute Gasteiger partial charge is 0.466 e. The van der Waals surface area contributed by atoms with Gasteiger partial charge in [0, 0.05) is 12.8 Å². The average Bonchev–Trinajstić information content (AvgIpc) is 2.76. The average molecular weight is 439 g/mol. The van der Waals surface area contributed by atoms with Gasteiger partial charge in [-0.15, -0.1) is 0 Å². The molecule has 0 saturated heterocycles. The molecule has 4 nitrogen and oxygen atoms in total. The number of hydrogen-bond donors (Lipinski definition) is 0. The summed E-state index contributed by atoms with van der Waals surface area (Å²) in [4.78, 5) is 23.4. The number of allylic oxidation sites excluding steroid dienone is 1. The summed E-state index contributed by atoms with van der Waals surface area (Å²) in [5.41, 5.74) is 0. The van der Waals surface area contributed by atoms with Gasteiger partial charge in [0.1, 0.15) is 0 Å². The van der Waals surface area contributed by atoms with Crippen LogP contribution in [0.1, 0.15) is 136 Å². The number of carbonyl (C=O) groups excluding carboxylic acids is 2. The molecule has 0 aliphatic carbocycles. The lowest BCUT2D eigenvalue weighted by atomic mass is 10.1. The highest BCUT2D eigenvalue weighted by Gasteiger charge is 2.04. The highest BCUT2D eigenvalue weighted by atomic mass is 16.5. The topological polar surface area (TPSA) is 52.6 Å². The van der Waals surface area contributed by atoms with Crippen LogP contribution in [-0.2, 0) is 19.1 Å². The van der Waals surface area contributed by atoms with Crippen molar-refractivity contribution >= 4 is 11.9 Å². The molecule has 0 aromatic heterocycles. The minimum atomic E-state index is -0.0764. The summed E-state index contributed by atoms with van der Waals surface area (Å²) in [6.45, 7) is 5.50. The fourth-order valence-electron chi connectivity index (χ4n) is 3.45. The Morgan fingerprint density at radius 3 is 1.58 bits per heavy atom. The third-order valence-corrected chi connectivity index (χ3v) is 5.46. The summed E-state index contributed by atoms with van der Waals surface area (Å²) in [6.07, 6.45) is 24.5. The Labute approximate surface area is 192 Å². The van der Waals surface area contributed by atoms with Gasteiger partial charge in [0.25, 0.3) is 0 Å². The molecule has 31 heavy (non-hydrogen) atoms. The first-order valence-corrected chi connectivity index (χ1v) is 13.2. The molecule has 0 N–H and O–H groups in total. The van der Waals surface area contributed by atoms with Crippen molar-refractivity contribution in [1.29, 1.82) is 0 Å². The zero-order valence-electron chi connectivity index (χ0n) is 20.6. The lowest BCUT2D eigenvalue weighted by molar-refractivity contribution is -0.144. The SMILES string of the molecule is CCCCC/C=C\CCOC(=O)CCCCCCCCC(=O)OCCCCCCCC. The van der Waals surface area contributed by atoms with E-state index in [2.05, 4.69) is 26.0 Å². The molecule has 0 unspecified atom stereocenters. The Balaban J connectivity index is 3.30. The van der Waals surface area contributed by atoms with E-state index in [0.717, 1.165) is 64.2 Å². The van der Waals surface area contributed by atoms with E-state index in [9.17, 15) is 9.59 Å². The lowest BCUT2D eigenvalue weighted by Crippen LogP contribution is -2.05. The Morgan fingerprint density at radius 1 is 0.516 bits per heavy atom. The second-order valence-corrected chi connectivity index (χ2v) is 8.59. The van der Waals surface area contributed by atoms with E-state index in [0.29, 0.717) is 26.1 Å². The van der Waals surface area contributed by atoms with Crippen LogP contribution < -0.4 is 0 Å². The van der Waals surface area contributed by atoms with Gasteiger partial charge in [-0.2, -0.15) is 0 Å². The van der Waals surface area contributed by atoms with Gasteiger partial charge < -0.3 is 9.47 Å². The fourth-order valence-corrected chi connectivity index (χ4v) is 3.45. The predicted molar refractivity (Wildman–Crippen MR) is 130 cm³/mol. The van der Waals surface area contributed by atoms with Crippen molar-refractivity contribution in [3.8, 4) is 0 Å². The normalized spacial score (nSPS) is 11.2. The molecule has 0 aromatic rings. The Morgan fingerprint density at radius 2 is 0.968 bits per heavy atom. The van der Waals surface area contributed by atoms with E-state index >= 15 is 0 Å². The Hall–Kier alpha value is -1.32. The first kappa shape index (κ1) is 29.7. The Bertz CT molecular complexity index is 431. The van der Waals surface area contributed by atoms with Gasteiger partial charge in [-0.3, -0.25) is 9.59 Å². The molecule has 0 aliphatic rings. The van der Waals surface area contributed by atoms with Crippen LogP contribution in [0.3, 0.4) is 0 Å². The standard InChI is InChI=1S/C27H50O4/c1-3-5-7-9-13-17-21-25-31-27(29)23-19-15-12-11-14-18-22-26(28)30-24-20-16-10-8-6-4-2/h13,17H,3-12,14-16,18-25H2,1-2H3/b17-13-. The van der Waals surface area contributed by atoms with Crippen molar-refractivity contribution in [1.82, 2.24) is 0 Å². The molecule has 4 heteroatoms. The number of esters is 2. The summed E-state index contributed by atoms with van der Waals surface area (Å²) < 4.78 is 10.6. The summed E-state index contributed by atoms with van der Waals surface area (Å²) >= 11 is 0. The fraction of sp³-hybridized carbons (Fsp3) is 0.852. The molecule has 0 radical (unpaired) electrons. The summed E-state index contributed by atoms with van der Waals surface area (Å²) in [6, 6.07) is 0. The zero-order valence-corrected chi connectivity index (χ0v) is 20.6. The lowest BCUT2D eigenvalue weighted by Gasteiger charge is -2.05. The van der Waals surface area contributed by atoms with Gasteiger partial charge in [-0.25, -0.2) is 0 Å². The quantitative estimate of drug-likeness (QED) is 0.0919. The maximum Gasteiger partial charge on any atom is 0.305 e. The van der Waals surface area contributed by atoms with Gasteiger partial charge in [0.2, 0.25) is 0 Å². The molecule has 0 amide bonds. The van der Waals surface area contributed by atoms with Crippen LogP contribution in [0.25, 0.3) is 0 Å². The van der Waals surface area contributed by atoms with Gasteiger partial charge in [-0.1, -0.05) is 96.6 Å². The highest BCUT2D eigenvalue weighted by Crippen LogP contribution is 2.10. The van der Waals surface area contributed by atoms with Gasteiger partial charge in [-0.05, 0) is 38.5 Å². The number of unbranched alkanes of at least 4 members (excludes halogenated alkanes) is 13. The molecule has 0 aliphatic heterocycles. The maximum absolute atomic E-state index is 11.7. The van der Waals surface area contributed by atoms with Crippen LogP contribution in [0.5, 0.6) is 0 Å². The first-order valence-electron chi connectivity index (χ1n) is 13.2. The molecule has 0 spiro atoms. The van der Waals surface area contributed by atoms with Crippen molar-refractivity contribution < 1.29 is 19.1 Å². The van der Waals surface area contributed by atoms with Crippen molar-refractivity contribution in [2.45, 2.75) is 136 Å². The predicted octanol–water partition coefficient (Wildman–Crippen LogP) is 8.08. The van der Waals surface area contributed by atoms with Crippen molar-refractivity contribution in [3.63, 3.8) is 0 Å². The van der Waals surface area contributed by atoms with Crippen LogP contribution >= 0.6 is 0 Å². The number of ether oxygens (including phenoxy) is 2. The van der Waals surface area contributed by atoms with Crippen molar-refractivity contribution in [3.05, 3.63) is 12.2 Å². The molecule has 0 fully saturated rings. The van der Waals surface area contributed by atoms with E-state index in [1.807, 2.05) is 0 Å². The molecule has 182 valence electrons. The van der Waals surface area contributed by atoms with Crippen LogP contribution in [0.15, 0.2) is 12.2 Å².